The Hall–Kier alpha value is -2.28. The predicted molar refractivity (Wildman–Crippen MR) is 107 cm³/mol. The first-order chi connectivity index (χ1) is 12.9. The van der Waals surface area contributed by atoms with Gasteiger partial charge in [-0.2, -0.15) is 0 Å². The summed E-state index contributed by atoms with van der Waals surface area (Å²) in [5.74, 6) is 7.40. The number of hydrogen-bond donors (Lipinski definition) is 0. The molecule has 1 aromatic rings. The van der Waals surface area contributed by atoms with Gasteiger partial charge in [0.25, 0.3) is 0 Å². The van der Waals surface area contributed by atoms with Crippen LogP contribution in [0.5, 0.6) is 0 Å². The van der Waals surface area contributed by atoms with Crippen LogP contribution >= 0.6 is 0 Å². The summed E-state index contributed by atoms with van der Waals surface area (Å²) in [4.78, 5) is 19.3. The Kier molecular flexibility index (Phi) is 5.89. The maximum Gasteiger partial charge on any atom is 0.410 e. The van der Waals surface area contributed by atoms with Crippen molar-refractivity contribution in [3.63, 3.8) is 0 Å². The first-order valence-corrected chi connectivity index (χ1v) is 9.93. The van der Waals surface area contributed by atoms with Gasteiger partial charge in [0, 0.05) is 30.6 Å². The molecule has 27 heavy (non-hydrogen) atoms. The lowest BCUT2D eigenvalue weighted by atomic mass is 9.93. The highest BCUT2D eigenvalue weighted by Crippen LogP contribution is 2.31. The van der Waals surface area contributed by atoms with E-state index in [0.717, 1.165) is 37.2 Å². The lowest BCUT2D eigenvalue weighted by Gasteiger charge is -2.30. The number of ether oxygens (including phenoxy) is 1. The number of aromatic nitrogens is 1. The van der Waals surface area contributed by atoms with Gasteiger partial charge in [0.05, 0.1) is 0 Å². The van der Waals surface area contributed by atoms with Gasteiger partial charge >= 0.3 is 6.09 Å². The van der Waals surface area contributed by atoms with Crippen molar-refractivity contribution in [2.24, 2.45) is 11.8 Å². The van der Waals surface area contributed by atoms with Gasteiger partial charge in [-0.05, 0) is 70.4 Å². The Morgan fingerprint density at radius 3 is 2.81 bits per heavy atom. The molecular formula is C23H30N2O2. The van der Waals surface area contributed by atoms with Crippen molar-refractivity contribution in [1.82, 2.24) is 9.88 Å². The molecule has 4 heteroatoms. The smallest absolute Gasteiger partial charge is 0.410 e. The fourth-order valence-corrected chi connectivity index (χ4v) is 3.51. The second-order valence-electron chi connectivity index (χ2n) is 8.58. The van der Waals surface area contributed by atoms with Crippen LogP contribution in [0.1, 0.15) is 57.8 Å². The Morgan fingerprint density at radius 2 is 2.15 bits per heavy atom. The van der Waals surface area contributed by atoms with Gasteiger partial charge in [-0.3, -0.25) is 0 Å². The Balaban J connectivity index is 1.75. The molecule has 4 nitrogen and oxygen atoms in total. The largest absolute Gasteiger partial charge is 0.444 e. The van der Waals surface area contributed by atoms with Crippen molar-refractivity contribution in [2.75, 3.05) is 6.54 Å². The topological polar surface area (TPSA) is 42.4 Å². The molecule has 1 aromatic heterocycles. The van der Waals surface area contributed by atoms with E-state index in [0.29, 0.717) is 11.8 Å². The van der Waals surface area contributed by atoms with Crippen LogP contribution in [-0.4, -0.2) is 34.2 Å². The Bertz CT molecular complexity index is 750. The maximum absolute atomic E-state index is 12.7. The number of rotatable bonds is 4. The summed E-state index contributed by atoms with van der Waals surface area (Å²) in [5, 5.41) is 0. The van der Waals surface area contributed by atoms with Crippen LogP contribution in [0.15, 0.2) is 30.9 Å². The summed E-state index contributed by atoms with van der Waals surface area (Å²) < 4.78 is 5.63. The van der Waals surface area contributed by atoms with Gasteiger partial charge < -0.3 is 9.64 Å². The van der Waals surface area contributed by atoms with E-state index in [9.17, 15) is 4.79 Å². The van der Waals surface area contributed by atoms with Crippen molar-refractivity contribution < 1.29 is 9.53 Å². The van der Waals surface area contributed by atoms with Crippen LogP contribution in [0, 0.1) is 23.7 Å². The van der Waals surface area contributed by atoms with Gasteiger partial charge in [-0.1, -0.05) is 18.1 Å². The molecule has 0 radical (unpaired) electrons. The quantitative estimate of drug-likeness (QED) is 0.578. The highest BCUT2D eigenvalue weighted by atomic mass is 16.6. The van der Waals surface area contributed by atoms with Crippen molar-refractivity contribution in [2.45, 2.75) is 64.5 Å². The van der Waals surface area contributed by atoms with Crippen LogP contribution in [0.2, 0.25) is 0 Å². The molecule has 1 amide bonds. The molecule has 144 valence electrons. The second kappa shape index (κ2) is 8.17. The van der Waals surface area contributed by atoms with Crippen LogP contribution in [0.4, 0.5) is 4.79 Å². The number of pyridine rings is 1. The van der Waals surface area contributed by atoms with E-state index in [2.05, 4.69) is 18.4 Å². The van der Waals surface area contributed by atoms with E-state index in [1.54, 1.807) is 0 Å². The maximum atomic E-state index is 12.7. The van der Waals surface area contributed by atoms with Gasteiger partial charge in [0.1, 0.15) is 11.3 Å². The van der Waals surface area contributed by atoms with Crippen molar-refractivity contribution >= 4 is 6.09 Å². The third-order valence-corrected chi connectivity index (χ3v) is 4.99. The van der Waals surface area contributed by atoms with E-state index in [-0.39, 0.29) is 12.1 Å². The molecule has 3 rings (SSSR count). The summed E-state index contributed by atoms with van der Waals surface area (Å²) in [6.45, 7) is 10.3. The number of likely N-dealkylation sites (tertiary alicyclic amines) is 1. The molecule has 2 aliphatic rings. The zero-order valence-electron chi connectivity index (χ0n) is 16.7. The molecular weight excluding hydrogens is 336 g/mol. The first kappa shape index (κ1) is 19.5. The number of carbonyl (C=O) groups is 1. The predicted octanol–water partition coefficient (Wildman–Crippen LogP) is 4.59. The number of carbonyl (C=O) groups excluding carboxylic acids is 1. The zero-order valence-corrected chi connectivity index (χ0v) is 16.7. The van der Waals surface area contributed by atoms with E-state index in [1.165, 1.54) is 12.8 Å². The van der Waals surface area contributed by atoms with Crippen molar-refractivity contribution in [1.29, 1.82) is 0 Å². The number of nitrogens with zero attached hydrogens (tertiary/aromatic N) is 2. The number of amides is 1. The van der Waals surface area contributed by atoms with Gasteiger partial charge in [-0.15, -0.1) is 6.58 Å². The standard InChI is InChI=1S/C23H30N2O2/c1-5-7-18-14-15-25(22(26)27-23(2,3)4)21(18)16-20-9-6-8-19(24-20)13-12-17-10-11-17/h5-6,8-9,17-18,21H,1,7,10-11,14-16H2,2-4H3. The molecule has 0 spiro atoms. The molecule has 0 bridgehead atoms. The van der Waals surface area contributed by atoms with E-state index in [4.69, 9.17) is 9.72 Å². The molecule has 0 aromatic carbocycles. The van der Waals surface area contributed by atoms with E-state index >= 15 is 0 Å². The molecule has 1 saturated heterocycles. The number of allylic oxidation sites excluding steroid dienone is 1. The second-order valence-corrected chi connectivity index (χ2v) is 8.58. The molecule has 1 aliphatic heterocycles. The highest BCUT2D eigenvalue weighted by Gasteiger charge is 2.38. The fraction of sp³-hybridized carbons (Fsp3) is 0.565. The summed E-state index contributed by atoms with van der Waals surface area (Å²) in [6, 6.07) is 6.07. The normalized spacial score (nSPS) is 22.1. The Labute approximate surface area is 163 Å². The minimum Gasteiger partial charge on any atom is -0.444 e. The first-order valence-electron chi connectivity index (χ1n) is 9.93. The monoisotopic (exact) mass is 366 g/mol. The molecule has 2 atom stereocenters. The minimum absolute atomic E-state index is 0.0805. The van der Waals surface area contributed by atoms with Gasteiger partial charge in [0.2, 0.25) is 0 Å². The van der Waals surface area contributed by atoms with Gasteiger partial charge in [-0.25, -0.2) is 9.78 Å². The van der Waals surface area contributed by atoms with E-state index < -0.39 is 5.60 Å². The third kappa shape index (κ3) is 5.60. The van der Waals surface area contributed by atoms with Crippen molar-refractivity contribution in [3.8, 4) is 11.8 Å². The SMILES string of the molecule is C=CCC1CCN(C(=O)OC(C)(C)C)C1Cc1cccc(C#CC2CC2)n1. The highest BCUT2D eigenvalue weighted by molar-refractivity contribution is 5.69. The third-order valence-electron chi connectivity index (χ3n) is 4.99. The molecule has 2 unspecified atom stereocenters. The molecule has 0 N–H and O–H groups in total. The summed E-state index contributed by atoms with van der Waals surface area (Å²) in [6.07, 6.45) is 6.72. The molecule has 1 aliphatic carbocycles. The number of hydrogen-bond acceptors (Lipinski definition) is 3. The van der Waals surface area contributed by atoms with Gasteiger partial charge in [0.15, 0.2) is 0 Å². The van der Waals surface area contributed by atoms with Crippen molar-refractivity contribution in [3.05, 3.63) is 42.2 Å². The van der Waals surface area contributed by atoms with Crippen LogP contribution in [-0.2, 0) is 11.2 Å². The average Bonchev–Trinajstić information content (AvgIpc) is 3.34. The summed E-state index contributed by atoms with van der Waals surface area (Å²) in [7, 11) is 0. The fourth-order valence-electron chi connectivity index (χ4n) is 3.51. The molecule has 2 heterocycles. The van der Waals surface area contributed by atoms with Crippen LogP contribution in [0.3, 0.4) is 0 Å². The van der Waals surface area contributed by atoms with Crippen LogP contribution in [0.25, 0.3) is 0 Å². The molecule has 1 saturated carbocycles. The van der Waals surface area contributed by atoms with E-state index in [1.807, 2.05) is 49.9 Å². The average molecular weight is 367 g/mol. The molecule has 2 fully saturated rings. The summed E-state index contributed by atoms with van der Waals surface area (Å²) in [5.41, 5.74) is 1.31. The lowest BCUT2D eigenvalue weighted by molar-refractivity contribution is 0.0207. The minimum atomic E-state index is -0.491. The lowest BCUT2D eigenvalue weighted by Crippen LogP contribution is -2.42. The zero-order chi connectivity index (χ0) is 19.4. The Morgan fingerprint density at radius 1 is 1.37 bits per heavy atom. The van der Waals surface area contributed by atoms with Crippen LogP contribution < -0.4 is 0 Å². The summed E-state index contributed by atoms with van der Waals surface area (Å²) >= 11 is 0.